The van der Waals surface area contributed by atoms with Crippen molar-refractivity contribution in [2.24, 2.45) is 5.92 Å². The van der Waals surface area contributed by atoms with Gasteiger partial charge in [0.25, 0.3) is 5.09 Å². The number of H-pyrrole nitrogens is 1. The van der Waals surface area contributed by atoms with Gasteiger partial charge in [0.15, 0.2) is 18.1 Å². The molecule has 0 saturated carbocycles. The summed E-state index contributed by atoms with van der Waals surface area (Å²) >= 11 is 0. The largest absolute Gasteiger partial charge is 0.519 e. The van der Waals surface area contributed by atoms with Crippen LogP contribution in [0.2, 0.25) is 0 Å². The van der Waals surface area contributed by atoms with E-state index in [-0.39, 0.29) is 55.9 Å². The molecule has 0 bridgehead atoms. The van der Waals surface area contributed by atoms with Gasteiger partial charge in [0.2, 0.25) is 11.7 Å². The van der Waals surface area contributed by atoms with Crippen molar-refractivity contribution in [2.45, 2.75) is 78.5 Å². The minimum atomic E-state index is -0.951. The Morgan fingerprint density at radius 1 is 1.02 bits per heavy atom. The summed E-state index contributed by atoms with van der Waals surface area (Å²) in [6.07, 6.45) is 2.72. The fourth-order valence-electron chi connectivity index (χ4n) is 5.15. The number of aromatic nitrogens is 4. The quantitative estimate of drug-likeness (QED) is 0.0663. The number of amides is 1. The summed E-state index contributed by atoms with van der Waals surface area (Å²) in [5, 5.41) is 23.8. The van der Waals surface area contributed by atoms with Gasteiger partial charge in [0.05, 0.1) is 6.61 Å². The van der Waals surface area contributed by atoms with E-state index in [1.807, 2.05) is 69.3 Å². The smallest absolute Gasteiger partial charge is 0.456 e. The van der Waals surface area contributed by atoms with E-state index in [1.54, 1.807) is 4.90 Å². The molecular weight excluding hydrogens is 612 g/mol. The number of rotatable bonds is 18. The van der Waals surface area contributed by atoms with Crippen molar-refractivity contribution in [3.63, 3.8) is 0 Å². The number of ether oxygens (including phenoxy) is 1. The van der Waals surface area contributed by atoms with E-state index < -0.39 is 22.9 Å². The highest BCUT2D eigenvalue weighted by Gasteiger charge is 2.34. The Morgan fingerprint density at radius 3 is 2.40 bits per heavy atom. The van der Waals surface area contributed by atoms with E-state index in [0.717, 1.165) is 28.7 Å². The van der Waals surface area contributed by atoms with Gasteiger partial charge < -0.3 is 23.3 Å². The fraction of sp³-hybridized carbons (Fsp3) is 0.438. The molecule has 1 N–H and O–H groups in total. The number of unbranched alkanes of at least 4 members (excludes halogenated alkanes) is 2. The van der Waals surface area contributed by atoms with Crippen LogP contribution in [0.25, 0.3) is 22.5 Å². The molecule has 0 aliphatic heterocycles. The second-order valence-electron chi connectivity index (χ2n) is 11.2. The number of aryl methyl sites for hydroxylation is 1. The number of hydrogen-bond donors (Lipinski definition) is 1. The Kier molecular flexibility index (Phi) is 12.4. The lowest BCUT2D eigenvalue weighted by atomic mass is 9.97. The third-order valence-electron chi connectivity index (χ3n) is 7.47. The molecule has 4 rings (SSSR count). The van der Waals surface area contributed by atoms with E-state index in [0.29, 0.717) is 25.1 Å². The van der Waals surface area contributed by atoms with E-state index in [4.69, 9.17) is 13.6 Å². The summed E-state index contributed by atoms with van der Waals surface area (Å²) in [5.41, 5.74) is 3.46. The fourth-order valence-corrected chi connectivity index (χ4v) is 5.15. The zero-order chi connectivity index (χ0) is 33.8. The molecule has 15 nitrogen and oxygen atoms in total. The summed E-state index contributed by atoms with van der Waals surface area (Å²) in [6, 6.07) is 14.5. The van der Waals surface area contributed by atoms with Crippen LogP contribution in [0.3, 0.4) is 0 Å². The number of aromatic amines is 1. The van der Waals surface area contributed by atoms with E-state index in [1.165, 1.54) is 0 Å². The molecule has 1 amide bonds. The summed E-state index contributed by atoms with van der Waals surface area (Å²) in [4.78, 5) is 55.1. The highest BCUT2D eigenvalue weighted by molar-refractivity contribution is 5.85. The van der Waals surface area contributed by atoms with Crippen LogP contribution < -0.4 is 5.82 Å². The Labute approximate surface area is 270 Å². The lowest BCUT2D eigenvalue weighted by molar-refractivity contribution is -0.757. The standard InChI is InChI=1S/C32H38N6O9/c1-4-5-13-28(39)37(19-22-14-16-23(17-15-22)24-10-6-7-11-25(24)30-33-35-36-34-30)29(21(2)3)31(40)44-20-27-26(46-32(41)47-27)12-8-9-18-45-38(42)43/h6-7,10-11,14-17,21,29H,4-5,8-9,12-13,18-20H2,1-3H3,(H,33,34,35,36)/t29-/m0/s1. The van der Waals surface area contributed by atoms with Gasteiger partial charge in [0.1, 0.15) is 6.04 Å². The lowest BCUT2D eigenvalue weighted by Crippen LogP contribution is -2.48. The lowest BCUT2D eigenvalue weighted by Gasteiger charge is -2.33. The SMILES string of the molecule is CCCCC(=O)N(Cc1ccc(-c2ccccc2-c2nn[nH]n2)cc1)[C@H](C(=O)OCc1oc(=O)oc1CCCCO[N+](=O)[O-])C(C)C. The summed E-state index contributed by atoms with van der Waals surface area (Å²) in [5.74, 6) is -1.38. The van der Waals surface area contributed by atoms with Crippen LogP contribution >= 0.6 is 0 Å². The zero-order valence-corrected chi connectivity index (χ0v) is 26.5. The maximum absolute atomic E-state index is 13.6. The van der Waals surface area contributed by atoms with Crippen LogP contribution in [0.4, 0.5) is 0 Å². The third-order valence-corrected chi connectivity index (χ3v) is 7.47. The van der Waals surface area contributed by atoms with Gasteiger partial charge in [-0.2, -0.15) is 5.21 Å². The molecule has 0 unspecified atom stereocenters. The van der Waals surface area contributed by atoms with Gasteiger partial charge in [-0.3, -0.25) is 4.79 Å². The van der Waals surface area contributed by atoms with Crippen LogP contribution in [-0.2, 0) is 38.7 Å². The molecule has 2 aromatic heterocycles. The van der Waals surface area contributed by atoms with Crippen molar-refractivity contribution in [1.82, 2.24) is 25.5 Å². The molecule has 0 fully saturated rings. The van der Waals surface area contributed by atoms with Crippen LogP contribution in [0.5, 0.6) is 0 Å². The van der Waals surface area contributed by atoms with Crippen LogP contribution in [0.1, 0.15) is 70.0 Å². The van der Waals surface area contributed by atoms with Crippen molar-refractivity contribution < 1.29 is 33.1 Å². The molecule has 0 aliphatic carbocycles. The maximum Gasteiger partial charge on any atom is 0.519 e. The van der Waals surface area contributed by atoms with Crippen molar-refractivity contribution in [3.8, 4) is 22.5 Å². The number of hydrogen-bond acceptors (Lipinski definition) is 12. The zero-order valence-electron chi connectivity index (χ0n) is 26.5. The average Bonchev–Trinajstić information content (AvgIpc) is 3.72. The Balaban J connectivity index is 1.49. The number of esters is 1. The Hall–Kier alpha value is -5.34. The molecule has 15 heteroatoms. The van der Waals surface area contributed by atoms with Crippen molar-refractivity contribution in [1.29, 1.82) is 0 Å². The molecular formula is C32H38N6O9. The van der Waals surface area contributed by atoms with Gasteiger partial charge in [-0.25, -0.2) is 9.59 Å². The molecule has 0 saturated heterocycles. The van der Waals surface area contributed by atoms with E-state index in [2.05, 4.69) is 25.5 Å². The summed E-state index contributed by atoms with van der Waals surface area (Å²) in [7, 11) is 0. The second kappa shape index (κ2) is 16.8. The molecule has 250 valence electrons. The van der Waals surface area contributed by atoms with Gasteiger partial charge in [-0.1, -0.05) is 75.7 Å². The van der Waals surface area contributed by atoms with Gasteiger partial charge in [0, 0.05) is 24.9 Å². The normalized spacial score (nSPS) is 11.7. The first kappa shape index (κ1) is 34.5. The van der Waals surface area contributed by atoms with Crippen molar-refractivity contribution in [2.75, 3.05) is 6.61 Å². The third kappa shape index (κ3) is 9.58. The first-order valence-electron chi connectivity index (χ1n) is 15.4. The highest BCUT2D eigenvalue weighted by Crippen LogP contribution is 2.30. The predicted octanol–water partition coefficient (Wildman–Crippen LogP) is 4.90. The molecule has 0 aliphatic rings. The minimum absolute atomic E-state index is 0.0431. The number of nitrogens with zero attached hydrogens (tertiary/aromatic N) is 5. The molecule has 2 heterocycles. The van der Waals surface area contributed by atoms with Gasteiger partial charge >= 0.3 is 11.8 Å². The summed E-state index contributed by atoms with van der Waals surface area (Å²) < 4.78 is 15.8. The first-order chi connectivity index (χ1) is 22.7. The number of carbonyl (C=O) groups excluding carboxylic acids is 2. The van der Waals surface area contributed by atoms with Crippen LogP contribution in [-0.4, -0.2) is 55.1 Å². The van der Waals surface area contributed by atoms with Crippen LogP contribution in [0.15, 0.2) is 62.2 Å². The monoisotopic (exact) mass is 650 g/mol. The van der Waals surface area contributed by atoms with Gasteiger partial charge in [-0.05, 0) is 47.1 Å². The molecule has 2 aromatic carbocycles. The number of carbonyl (C=O) groups is 2. The minimum Gasteiger partial charge on any atom is -0.456 e. The van der Waals surface area contributed by atoms with Crippen molar-refractivity contribution >= 4 is 11.9 Å². The van der Waals surface area contributed by atoms with Crippen LogP contribution in [0, 0.1) is 16.0 Å². The number of benzene rings is 2. The molecule has 0 spiro atoms. The van der Waals surface area contributed by atoms with E-state index in [9.17, 15) is 24.5 Å². The first-order valence-corrected chi connectivity index (χ1v) is 15.4. The number of tetrazole rings is 1. The van der Waals surface area contributed by atoms with Gasteiger partial charge in [-0.15, -0.1) is 20.3 Å². The Bertz CT molecular complexity index is 1660. The van der Waals surface area contributed by atoms with E-state index >= 15 is 0 Å². The Morgan fingerprint density at radius 2 is 1.74 bits per heavy atom. The topological polar surface area (TPSA) is 197 Å². The maximum atomic E-state index is 13.6. The molecule has 47 heavy (non-hydrogen) atoms. The van der Waals surface area contributed by atoms with Crippen molar-refractivity contribution in [3.05, 3.63) is 86.3 Å². The molecule has 0 radical (unpaired) electrons. The molecule has 4 aromatic rings. The second-order valence-corrected chi connectivity index (χ2v) is 11.2. The predicted molar refractivity (Wildman–Crippen MR) is 167 cm³/mol. The average molecular weight is 651 g/mol. The molecule has 1 atom stereocenters. The highest BCUT2D eigenvalue weighted by atomic mass is 16.9. The summed E-state index contributed by atoms with van der Waals surface area (Å²) in [6.45, 7) is 5.35. The number of nitrogens with one attached hydrogen (secondary N) is 1.